The van der Waals surface area contributed by atoms with Crippen molar-refractivity contribution in [2.24, 2.45) is 0 Å². The van der Waals surface area contributed by atoms with Crippen molar-refractivity contribution in [3.05, 3.63) is 11.7 Å². The molecule has 1 saturated carbocycles. The highest BCUT2D eigenvalue weighted by atomic mass is 32.2. The molecule has 0 aliphatic heterocycles. The molecule has 17 heavy (non-hydrogen) atoms. The first-order valence-electron chi connectivity index (χ1n) is 6.31. The summed E-state index contributed by atoms with van der Waals surface area (Å²) in [5.74, 6) is 4.54. The molecule has 0 amide bonds. The van der Waals surface area contributed by atoms with Gasteiger partial charge in [-0.3, -0.25) is 4.90 Å². The van der Waals surface area contributed by atoms with Crippen molar-refractivity contribution in [2.45, 2.75) is 45.2 Å². The van der Waals surface area contributed by atoms with Crippen molar-refractivity contribution in [1.82, 2.24) is 15.0 Å². The van der Waals surface area contributed by atoms with Crippen LogP contribution in [0.25, 0.3) is 0 Å². The molecule has 4 nitrogen and oxygen atoms in total. The van der Waals surface area contributed by atoms with Gasteiger partial charge in [0.15, 0.2) is 5.82 Å². The minimum atomic E-state index is 0.544. The summed E-state index contributed by atoms with van der Waals surface area (Å²) in [6.07, 6.45) is 2.42. The van der Waals surface area contributed by atoms with Crippen molar-refractivity contribution in [3.8, 4) is 0 Å². The Hall–Kier alpha value is -0.550. The maximum atomic E-state index is 5.26. The second-order valence-electron chi connectivity index (χ2n) is 4.75. The Labute approximate surface area is 107 Å². The summed E-state index contributed by atoms with van der Waals surface area (Å²) in [6, 6.07) is 0.544. The van der Waals surface area contributed by atoms with E-state index in [1.165, 1.54) is 18.6 Å². The standard InChI is InChI=1S/C12H21N3OS/c1-4-17-8-9(2)15(3)7-11-13-12(16-14-11)10-5-6-10/h9-10H,4-8H2,1-3H3. The van der Waals surface area contributed by atoms with Crippen LogP contribution in [0.5, 0.6) is 0 Å². The quantitative estimate of drug-likeness (QED) is 0.749. The van der Waals surface area contributed by atoms with E-state index in [9.17, 15) is 0 Å². The molecule has 1 unspecified atom stereocenters. The summed E-state index contributed by atoms with van der Waals surface area (Å²) >= 11 is 1.97. The van der Waals surface area contributed by atoms with Crippen LogP contribution in [0, 0.1) is 0 Å². The maximum absolute atomic E-state index is 5.26. The zero-order chi connectivity index (χ0) is 12.3. The van der Waals surface area contributed by atoms with E-state index < -0.39 is 0 Å². The average molecular weight is 255 g/mol. The third-order valence-electron chi connectivity index (χ3n) is 3.12. The third-order valence-corrected chi connectivity index (χ3v) is 4.24. The van der Waals surface area contributed by atoms with E-state index in [0.29, 0.717) is 12.0 Å². The molecule has 0 N–H and O–H groups in total. The summed E-state index contributed by atoms with van der Waals surface area (Å²) in [7, 11) is 2.12. The molecular formula is C12H21N3OS. The summed E-state index contributed by atoms with van der Waals surface area (Å²) in [5, 5.41) is 4.05. The lowest BCUT2D eigenvalue weighted by atomic mass is 10.3. The molecular weight excluding hydrogens is 234 g/mol. The lowest BCUT2D eigenvalue weighted by molar-refractivity contribution is 0.257. The molecule has 96 valence electrons. The third kappa shape index (κ3) is 3.71. The van der Waals surface area contributed by atoms with Crippen molar-refractivity contribution in [1.29, 1.82) is 0 Å². The van der Waals surface area contributed by atoms with Crippen molar-refractivity contribution < 1.29 is 4.52 Å². The summed E-state index contributed by atoms with van der Waals surface area (Å²) in [4.78, 5) is 6.73. The second-order valence-corrected chi connectivity index (χ2v) is 6.07. The van der Waals surface area contributed by atoms with Gasteiger partial charge in [-0.1, -0.05) is 12.1 Å². The monoisotopic (exact) mass is 255 g/mol. The molecule has 0 bridgehead atoms. The number of hydrogen-bond donors (Lipinski definition) is 0. The molecule has 0 saturated heterocycles. The molecule has 0 radical (unpaired) electrons. The van der Waals surface area contributed by atoms with Crippen LogP contribution in [0.15, 0.2) is 4.52 Å². The molecule has 1 atom stereocenters. The van der Waals surface area contributed by atoms with Crippen molar-refractivity contribution >= 4 is 11.8 Å². The molecule has 1 aromatic rings. The summed E-state index contributed by atoms with van der Waals surface area (Å²) in [5.41, 5.74) is 0. The van der Waals surface area contributed by atoms with Crippen molar-refractivity contribution in [2.75, 3.05) is 18.6 Å². The first-order chi connectivity index (χ1) is 8.20. The highest BCUT2D eigenvalue weighted by Crippen LogP contribution is 2.38. The Morgan fingerprint density at radius 2 is 2.29 bits per heavy atom. The molecule has 5 heteroatoms. The smallest absolute Gasteiger partial charge is 0.229 e. The summed E-state index contributed by atoms with van der Waals surface area (Å²) < 4.78 is 5.26. The Morgan fingerprint density at radius 1 is 1.53 bits per heavy atom. The van der Waals surface area contributed by atoms with Gasteiger partial charge < -0.3 is 4.52 Å². The lowest BCUT2D eigenvalue weighted by Crippen LogP contribution is -2.31. The van der Waals surface area contributed by atoms with E-state index in [4.69, 9.17) is 4.52 Å². The molecule has 0 aromatic carbocycles. The van der Waals surface area contributed by atoms with Gasteiger partial charge in [0.2, 0.25) is 5.89 Å². The Morgan fingerprint density at radius 3 is 2.94 bits per heavy atom. The van der Waals surface area contributed by atoms with Gasteiger partial charge in [-0.05, 0) is 32.6 Å². The molecule has 1 aliphatic carbocycles. The van der Waals surface area contributed by atoms with E-state index in [2.05, 4.69) is 35.9 Å². The van der Waals surface area contributed by atoms with Gasteiger partial charge in [-0.25, -0.2) is 0 Å². The Balaban J connectivity index is 1.81. The molecule has 1 fully saturated rings. The van der Waals surface area contributed by atoms with Gasteiger partial charge in [0.25, 0.3) is 0 Å². The molecule has 1 heterocycles. The van der Waals surface area contributed by atoms with Crippen LogP contribution in [-0.4, -0.2) is 39.6 Å². The average Bonchev–Trinajstić information content (AvgIpc) is 3.07. The minimum Gasteiger partial charge on any atom is -0.339 e. The highest BCUT2D eigenvalue weighted by molar-refractivity contribution is 7.99. The van der Waals surface area contributed by atoms with E-state index in [0.717, 1.165) is 24.0 Å². The molecule has 0 spiro atoms. The number of thioether (sulfide) groups is 1. The van der Waals surface area contributed by atoms with Gasteiger partial charge in [-0.2, -0.15) is 16.7 Å². The fraction of sp³-hybridized carbons (Fsp3) is 0.833. The van der Waals surface area contributed by atoms with Gasteiger partial charge in [0.05, 0.1) is 6.54 Å². The van der Waals surface area contributed by atoms with Crippen molar-refractivity contribution in [3.63, 3.8) is 0 Å². The Kier molecular flexibility index (Phi) is 4.45. The maximum Gasteiger partial charge on any atom is 0.229 e. The van der Waals surface area contributed by atoms with Gasteiger partial charge >= 0.3 is 0 Å². The first-order valence-corrected chi connectivity index (χ1v) is 7.46. The van der Waals surface area contributed by atoms with E-state index >= 15 is 0 Å². The lowest BCUT2D eigenvalue weighted by Gasteiger charge is -2.22. The zero-order valence-electron chi connectivity index (χ0n) is 10.8. The van der Waals surface area contributed by atoms with Gasteiger partial charge in [-0.15, -0.1) is 0 Å². The predicted molar refractivity (Wildman–Crippen MR) is 70.2 cm³/mol. The van der Waals surface area contributed by atoms with Gasteiger partial charge in [0, 0.05) is 17.7 Å². The topological polar surface area (TPSA) is 42.2 Å². The predicted octanol–water partition coefficient (Wildman–Crippen LogP) is 2.52. The van der Waals surface area contributed by atoms with Crippen LogP contribution in [0.3, 0.4) is 0 Å². The largest absolute Gasteiger partial charge is 0.339 e. The van der Waals surface area contributed by atoms with Crippen LogP contribution in [0.1, 0.15) is 44.3 Å². The van der Waals surface area contributed by atoms with Crippen LogP contribution in [0.2, 0.25) is 0 Å². The Bertz CT molecular complexity index is 351. The molecule has 1 aromatic heterocycles. The van der Waals surface area contributed by atoms with Crippen LogP contribution in [-0.2, 0) is 6.54 Å². The van der Waals surface area contributed by atoms with E-state index in [1.807, 2.05) is 11.8 Å². The van der Waals surface area contributed by atoms with Crippen LogP contribution >= 0.6 is 11.8 Å². The highest BCUT2D eigenvalue weighted by Gasteiger charge is 2.29. The second kappa shape index (κ2) is 5.87. The van der Waals surface area contributed by atoms with Gasteiger partial charge in [0.1, 0.15) is 0 Å². The number of aromatic nitrogens is 2. The van der Waals surface area contributed by atoms with E-state index in [-0.39, 0.29) is 0 Å². The fourth-order valence-electron chi connectivity index (χ4n) is 1.62. The van der Waals surface area contributed by atoms with E-state index in [1.54, 1.807) is 0 Å². The van der Waals surface area contributed by atoms with Crippen LogP contribution in [0.4, 0.5) is 0 Å². The molecule has 1 aliphatic rings. The number of rotatable bonds is 7. The SMILES string of the molecule is CCSCC(C)N(C)Cc1noc(C2CC2)n1. The number of hydrogen-bond acceptors (Lipinski definition) is 5. The first kappa shape index (κ1) is 12.9. The fourth-order valence-corrected chi connectivity index (χ4v) is 2.45. The van der Waals surface area contributed by atoms with Crippen LogP contribution < -0.4 is 0 Å². The summed E-state index contributed by atoms with van der Waals surface area (Å²) in [6.45, 7) is 5.21. The number of nitrogens with zero attached hydrogens (tertiary/aromatic N) is 3. The zero-order valence-corrected chi connectivity index (χ0v) is 11.7. The normalized spacial score (nSPS) is 17.6. The molecule has 2 rings (SSSR count). The minimum absolute atomic E-state index is 0.544.